The fourth-order valence-corrected chi connectivity index (χ4v) is 4.00. The first-order valence-electron chi connectivity index (χ1n) is 8.78. The van der Waals surface area contributed by atoms with Crippen LogP contribution in [0.3, 0.4) is 0 Å². The first-order chi connectivity index (χ1) is 12.2. The van der Waals surface area contributed by atoms with E-state index >= 15 is 0 Å². The molecular formula is C20H23N3O2. The smallest absolute Gasteiger partial charge is 0.252 e. The number of hydrogen-bond donors (Lipinski definition) is 1. The molecule has 1 fully saturated rings. The number of nitrogens with zero attached hydrogens (tertiary/aromatic N) is 2. The van der Waals surface area contributed by atoms with Crippen molar-refractivity contribution in [1.82, 2.24) is 15.2 Å². The number of methoxy groups -OCH3 is 1. The molecule has 0 aliphatic carbocycles. The van der Waals surface area contributed by atoms with Gasteiger partial charge in [-0.05, 0) is 54.7 Å². The minimum atomic E-state index is -0.129. The summed E-state index contributed by atoms with van der Waals surface area (Å²) in [6.45, 7) is 2.80. The number of aromatic nitrogens is 1. The van der Waals surface area contributed by atoms with Crippen LogP contribution >= 0.6 is 0 Å². The summed E-state index contributed by atoms with van der Waals surface area (Å²) >= 11 is 0. The highest BCUT2D eigenvalue weighted by Crippen LogP contribution is 2.32. The molecule has 4 rings (SSSR count). The molecule has 2 aromatic rings. The summed E-state index contributed by atoms with van der Waals surface area (Å²) in [5, 5.41) is 3.33. The fraction of sp³-hybridized carbons (Fsp3) is 0.400. The van der Waals surface area contributed by atoms with Gasteiger partial charge in [-0.2, -0.15) is 0 Å². The van der Waals surface area contributed by atoms with Crippen LogP contribution in [0.25, 0.3) is 0 Å². The molecule has 0 unspecified atom stereocenters. The third kappa shape index (κ3) is 3.24. The Bertz CT molecular complexity index is 778. The molecule has 0 radical (unpaired) electrons. The number of amides is 1. The highest BCUT2D eigenvalue weighted by Gasteiger charge is 2.41. The zero-order valence-electron chi connectivity index (χ0n) is 14.5. The van der Waals surface area contributed by atoms with Crippen molar-refractivity contribution in [1.29, 1.82) is 0 Å². The molecule has 1 spiro atoms. The zero-order valence-corrected chi connectivity index (χ0v) is 14.5. The van der Waals surface area contributed by atoms with Crippen LogP contribution in [0.15, 0.2) is 42.7 Å². The highest BCUT2D eigenvalue weighted by molar-refractivity contribution is 5.97. The van der Waals surface area contributed by atoms with Crippen molar-refractivity contribution in [2.75, 3.05) is 20.2 Å². The van der Waals surface area contributed by atoms with Gasteiger partial charge >= 0.3 is 0 Å². The number of carbonyl (C=O) groups excluding carboxylic acids is 1. The van der Waals surface area contributed by atoms with Gasteiger partial charge in [-0.25, -0.2) is 0 Å². The zero-order chi connectivity index (χ0) is 17.3. The fourth-order valence-electron chi connectivity index (χ4n) is 4.00. The summed E-state index contributed by atoms with van der Waals surface area (Å²) in [5.41, 5.74) is 3.00. The SMILES string of the molecule is COc1ccc2c(c1)C(=O)N[C@@]1(CC2)CCN(Cc2ccncc2)C1. The normalized spacial score (nSPS) is 23.2. The Kier molecular flexibility index (Phi) is 4.17. The Labute approximate surface area is 148 Å². The molecule has 1 saturated heterocycles. The van der Waals surface area contributed by atoms with Crippen molar-refractivity contribution in [3.8, 4) is 5.75 Å². The van der Waals surface area contributed by atoms with Crippen molar-refractivity contribution >= 4 is 5.91 Å². The van der Waals surface area contributed by atoms with Gasteiger partial charge < -0.3 is 10.1 Å². The molecule has 3 heterocycles. The molecule has 0 bridgehead atoms. The lowest BCUT2D eigenvalue weighted by Gasteiger charge is -2.29. The second-order valence-corrected chi connectivity index (χ2v) is 7.07. The molecule has 1 aromatic heterocycles. The number of pyridine rings is 1. The molecule has 0 saturated carbocycles. The standard InChI is InChI=1S/C20H23N3O2/c1-25-17-3-2-16-4-7-20(22-19(24)18(16)12-17)8-11-23(14-20)13-15-5-9-21-10-6-15/h2-3,5-6,9-10,12H,4,7-8,11,13-14H2,1H3,(H,22,24)/t20-/m0/s1. The van der Waals surface area contributed by atoms with Crippen LogP contribution in [-0.2, 0) is 13.0 Å². The topological polar surface area (TPSA) is 54.5 Å². The maximum Gasteiger partial charge on any atom is 0.252 e. The number of likely N-dealkylation sites (tertiary alicyclic amines) is 1. The minimum absolute atomic E-state index is 0.0251. The van der Waals surface area contributed by atoms with E-state index in [-0.39, 0.29) is 11.4 Å². The van der Waals surface area contributed by atoms with Crippen LogP contribution in [0, 0.1) is 0 Å². The van der Waals surface area contributed by atoms with Gasteiger partial charge in [0, 0.05) is 37.6 Å². The molecule has 5 heteroatoms. The van der Waals surface area contributed by atoms with Crippen LogP contribution in [0.1, 0.15) is 34.3 Å². The Morgan fingerprint density at radius 3 is 2.88 bits per heavy atom. The summed E-state index contributed by atoms with van der Waals surface area (Å²) in [7, 11) is 1.63. The maximum atomic E-state index is 12.8. The molecule has 2 aliphatic rings. The van der Waals surface area contributed by atoms with E-state index in [1.54, 1.807) is 7.11 Å². The number of aryl methyl sites for hydroxylation is 1. The lowest BCUT2D eigenvalue weighted by Crippen LogP contribution is -2.49. The molecule has 25 heavy (non-hydrogen) atoms. The number of carbonyl (C=O) groups is 1. The molecule has 1 N–H and O–H groups in total. The molecule has 1 atom stereocenters. The quantitative estimate of drug-likeness (QED) is 0.934. The molecule has 1 aromatic carbocycles. The molecule has 130 valence electrons. The second-order valence-electron chi connectivity index (χ2n) is 7.07. The number of ether oxygens (including phenoxy) is 1. The van der Waals surface area contributed by atoms with Gasteiger partial charge in [0.1, 0.15) is 5.75 Å². The van der Waals surface area contributed by atoms with Crippen LogP contribution in [0.2, 0.25) is 0 Å². The van der Waals surface area contributed by atoms with Gasteiger partial charge in [0.15, 0.2) is 0 Å². The highest BCUT2D eigenvalue weighted by atomic mass is 16.5. The third-order valence-electron chi connectivity index (χ3n) is 5.40. The van der Waals surface area contributed by atoms with E-state index < -0.39 is 0 Å². The lowest BCUT2D eigenvalue weighted by molar-refractivity contribution is 0.0901. The van der Waals surface area contributed by atoms with Gasteiger partial charge in [-0.1, -0.05) is 6.07 Å². The van der Waals surface area contributed by atoms with Crippen molar-refractivity contribution in [3.63, 3.8) is 0 Å². The predicted molar refractivity (Wildman–Crippen MR) is 95.6 cm³/mol. The Morgan fingerprint density at radius 2 is 2.08 bits per heavy atom. The lowest BCUT2D eigenvalue weighted by atomic mass is 9.91. The maximum absolute atomic E-state index is 12.8. The Hall–Kier alpha value is -2.40. The van der Waals surface area contributed by atoms with Gasteiger partial charge in [-0.3, -0.25) is 14.7 Å². The third-order valence-corrected chi connectivity index (χ3v) is 5.40. The summed E-state index contributed by atoms with van der Waals surface area (Å²) in [6, 6.07) is 9.93. The second kappa shape index (κ2) is 6.48. The number of rotatable bonds is 3. The molecular weight excluding hydrogens is 314 g/mol. The van der Waals surface area contributed by atoms with Gasteiger partial charge in [0.2, 0.25) is 0 Å². The largest absolute Gasteiger partial charge is 0.497 e. The summed E-state index contributed by atoms with van der Waals surface area (Å²) in [4.78, 5) is 19.3. The number of hydrogen-bond acceptors (Lipinski definition) is 4. The number of benzene rings is 1. The van der Waals surface area contributed by atoms with Crippen LogP contribution < -0.4 is 10.1 Å². The average Bonchev–Trinajstić information content (AvgIpc) is 2.96. The van der Waals surface area contributed by atoms with Crippen molar-refractivity contribution in [3.05, 3.63) is 59.4 Å². The van der Waals surface area contributed by atoms with Crippen LogP contribution in [0.5, 0.6) is 5.75 Å². The van der Waals surface area contributed by atoms with Gasteiger partial charge in [-0.15, -0.1) is 0 Å². The van der Waals surface area contributed by atoms with E-state index in [0.29, 0.717) is 0 Å². The number of fused-ring (bicyclic) bond motifs is 1. The molecule has 1 amide bonds. The van der Waals surface area contributed by atoms with E-state index in [0.717, 1.165) is 55.8 Å². The van der Waals surface area contributed by atoms with E-state index in [1.807, 2.05) is 30.6 Å². The molecule has 5 nitrogen and oxygen atoms in total. The monoisotopic (exact) mass is 337 g/mol. The average molecular weight is 337 g/mol. The van der Waals surface area contributed by atoms with Crippen LogP contribution in [-0.4, -0.2) is 41.5 Å². The van der Waals surface area contributed by atoms with Gasteiger partial charge in [0.25, 0.3) is 5.91 Å². The van der Waals surface area contributed by atoms with Crippen molar-refractivity contribution < 1.29 is 9.53 Å². The number of nitrogens with one attached hydrogen (secondary N) is 1. The first-order valence-corrected chi connectivity index (χ1v) is 8.78. The minimum Gasteiger partial charge on any atom is -0.497 e. The van der Waals surface area contributed by atoms with E-state index in [2.05, 4.69) is 27.3 Å². The van der Waals surface area contributed by atoms with Crippen LogP contribution in [0.4, 0.5) is 0 Å². The van der Waals surface area contributed by atoms with E-state index in [4.69, 9.17) is 4.74 Å². The predicted octanol–water partition coefficient (Wildman–Crippen LogP) is 2.41. The first kappa shape index (κ1) is 16.1. The Balaban J connectivity index is 1.50. The van der Waals surface area contributed by atoms with E-state index in [9.17, 15) is 4.79 Å². The summed E-state index contributed by atoms with van der Waals surface area (Å²) < 4.78 is 5.28. The summed E-state index contributed by atoms with van der Waals surface area (Å²) in [5.74, 6) is 0.757. The Morgan fingerprint density at radius 1 is 1.24 bits per heavy atom. The van der Waals surface area contributed by atoms with Crippen molar-refractivity contribution in [2.24, 2.45) is 0 Å². The van der Waals surface area contributed by atoms with Gasteiger partial charge in [0.05, 0.1) is 12.6 Å². The molecule has 2 aliphatic heterocycles. The summed E-state index contributed by atoms with van der Waals surface area (Å²) in [6.07, 6.45) is 6.55. The van der Waals surface area contributed by atoms with Crippen molar-refractivity contribution in [2.45, 2.75) is 31.3 Å². The van der Waals surface area contributed by atoms with E-state index in [1.165, 1.54) is 5.56 Å².